The van der Waals surface area contributed by atoms with Crippen LogP contribution in [-0.2, 0) is 0 Å². The number of anilines is 1. The number of carbonyl (C=O) groups is 1. The molecule has 1 aliphatic rings. The molecule has 1 aromatic rings. The summed E-state index contributed by atoms with van der Waals surface area (Å²) in [5.74, 6) is 0.853. The third-order valence-corrected chi connectivity index (χ3v) is 3.48. The summed E-state index contributed by atoms with van der Waals surface area (Å²) in [7, 11) is 0. The molecule has 1 aliphatic heterocycles. The van der Waals surface area contributed by atoms with E-state index in [4.69, 9.17) is 0 Å². The average molecular weight is 217 g/mol. The molecule has 0 N–H and O–H groups in total. The van der Waals surface area contributed by atoms with Gasteiger partial charge in [0.15, 0.2) is 0 Å². The van der Waals surface area contributed by atoms with Crippen LogP contribution in [0.5, 0.6) is 0 Å². The molecule has 2 nitrogen and oxygen atoms in total. The highest BCUT2D eigenvalue weighted by Crippen LogP contribution is 2.26. The summed E-state index contributed by atoms with van der Waals surface area (Å²) in [6.07, 6.45) is 3.46. The van der Waals surface area contributed by atoms with Crippen molar-refractivity contribution in [3.8, 4) is 0 Å². The molecule has 0 spiro atoms. The van der Waals surface area contributed by atoms with Gasteiger partial charge in [0.2, 0.25) is 0 Å². The lowest BCUT2D eigenvalue weighted by molar-refractivity contribution is 0.112. The third-order valence-electron chi connectivity index (χ3n) is 3.48. The Morgan fingerprint density at radius 3 is 2.56 bits per heavy atom. The highest BCUT2D eigenvalue weighted by Gasteiger charge is 2.17. The average Bonchev–Trinajstić information content (AvgIpc) is 2.30. The largest absolute Gasteiger partial charge is 0.371 e. The zero-order valence-electron chi connectivity index (χ0n) is 10.1. The summed E-state index contributed by atoms with van der Waals surface area (Å²) in [5, 5.41) is 0. The minimum absolute atomic E-state index is 0.770. The molecular formula is C14H19NO. The lowest BCUT2D eigenvalue weighted by Crippen LogP contribution is -2.33. The molecule has 1 aromatic carbocycles. The Labute approximate surface area is 97.3 Å². The van der Waals surface area contributed by atoms with E-state index in [1.807, 2.05) is 12.1 Å². The fourth-order valence-electron chi connectivity index (χ4n) is 2.36. The fraction of sp³-hybridized carbons (Fsp3) is 0.500. The Kier molecular flexibility index (Phi) is 3.28. The Bertz CT molecular complexity index is 378. The number of aldehydes is 1. The van der Waals surface area contributed by atoms with Gasteiger partial charge in [-0.2, -0.15) is 0 Å². The van der Waals surface area contributed by atoms with Crippen LogP contribution in [0.1, 0.15) is 35.7 Å². The van der Waals surface area contributed by atoms with Gasteiger partial charge in [0.1, 0.15) is 6.29 Å². The van der Waals surface area contributed by atoms with Crippen LogP contribution in [0.15, 0.2) is 18.2 Å². The maximum absolute atomic E-state index is 10.7. The van der Waals surface area contributed by atoms with Crippen LogP contribution in [-0.4, -0.2) is 19.4 Å². The molecule has 0 radical (unpaired) electrons. The topological polar surface area (TPSA) is 20.3 Å². The van der Waals surface area contributed by atoms with Crippen LogP contribution in [0.4, 0.5) is 5.69 Å². The van der Waals surface area contributed by atoms with E-state index < -0.39 is 0 Å². The van der Waals surface area contributed by atoms with Gasteiger partial charge in [-0.15, -0.1) is 0 Å². The van der Waals surface area contributed by atoms with Gasteiger partial charge >= 0.3 is 0 Å². The van der Waals surface area contributed by atoms with Crippen LogP contribution in [0.25, 0.3) is 0 Å². The number of rotatable bonds is 2. The molecule has 1 heterocycles. The second kappa shape index (κ2) is 4.69. The van der Waals surface area contributed by atoms with Gasteiger partial charge in [-0.05, 0) is 49.4 Å². The molecule has 0 saturated carbocycles. The maximum atomic E-state index is 10.7. The van der Waals surface area contributed by atoms with Crippen LogP contribution < -0.4 is 4.90 Å². The van der Waals surface area contributed by atoms with Gasteiger partial charge in [0.05, 0.1) is 0 Å². The second-order valence-electron chi connectivity index (χ2n) is 4.83. The monoisotopic (exact) mass is 217 g/mol. The van der Waals surface area contributed by atoms with E-state index in [1.165, 1.54) is 24.1 Å². The van der Waals surface area contributed by atoms with E-state index in [9.17, 15) is 4.79 Å². The van der Waals surface area contributed by atoms with Crippen molar-refractivity contribution in [1.82, 2.24) is 0 Å². The maximum Gasteiger partial charge on any atom is 0.150 e. The number of hydrogen-bond acceptors (Lipinski definition) is 2. The van der Waals surface area contributed by atoms with E-state index in [2.05, 4.69) is 24.8 Å². The van der Waals surface area contributed by atoms with Crippen molar-refractivity contribution in [3.63, 3.8) is 0 Å². The molecule has 0 aromatic heterocycles. The first-order valence-corrected chi connectivity index (χ1v) is 6.01. The standard InChI is InChI=1S/C14H19NO/c1-11-5-7-15(8-6-11)14-4-3-13(10-16)9-12(14)2/h3-4,9-11H,5-8H2,1-2H3. The predicted molar refractivity (Wildman–Crippen MR) is 67.2 cm³/mol. The predicted octanol–water partition coefficient (Wildman–Crippen LogP) is 3.04. The molecule has 1 saturated heterocycles. The van der Waals surface area contributed by atoms with Gasteiger partial charge in [-0.3, -0.25) is 4.79 Å². The first-order chi connectivity index (χ1) is 7.70. The van der Waals surface area contributed by atoms with Crippen molar-refractivity contribution >= 4 is 12.0 Å². The van der Waals surface area contributed by atoms with E-state index in [1.54, 1.807) is 0 Å². The van der Waals surface area contributed by atoms with Crippen molar-refractivity contribution in [3.05, 3.63) is 29.3 Å². The molecule has 2 rings (SSSR count). The number of hydrogen-bond donors (Lipinski definition) is 0. The first-order valence-electron chi connectivity index (χ1n) is 6.01. The van der Waals surface area contributed by atoms with E-state index in [0.717, 1.165) is 30.9 Å². The quantitative estimate of drug-likeness (QED) is 0.710. The minimum atomic E-state index is 0.770. The first kappa shape index (κ1) is 11.2. The SMILES string of the molecule is Cc1cc(C=O)ccc1N1CCC(C)CC1. The zero-order valence-corrected chi connectivity index (χ0v) is 10.1. The summed E-state index contributed by atoms with van der Waals surface area (Å²) in [4.78, 5) is 13.1. The van der Waals surface area contributed by atoms with E-state index in [0.29, 0.717) is 0 Å². The fourth-order valence-corrected chi connectivity index (χ4v) is 2.36. The van der Waals surface area contributed by atoms with Gasteiger partial charge in [-0.1, -0.05) is 6.92 Å². The van der Waals surface area contributed by atoms with Crippen molar-refractivity contribution < 1.29 is 4.79 Å². The number of nitrogens with zero attached hydrogens (tertiary/aromatic N) is 1. The molecule has 16 heavy (non-hydrogen) atoms. The van der Waals surface area contributed by atoms with Crippen LogP contribution in [0.2, 0.25) is 0 Å². The summed E-state index contributed by atoms with van der Waals surface area (Å²) in [6.45, 7) is 6.69. The molecule has 2 heteroatoms. The number of piperidine rings is 1. The zero-order chi connectivity index (χ0) is 11.5. The van der Waals surface area contributed by atoms with Gasteiger partial charge in [-0.25, -0.2) is 0 Å². The summed E-state index contributed by atoms with van der Waals surface area (Å²) in [5.41, 5.74) is 3.27. The Morgan fingerprint density at radius 1 is 1.31 bits per heavy atom. The molecule has 0 bridgehead atoms. The second-order valence-corrected chi connectivity index (χ2v) is 4.83. The number of carbonyl (C=O) groups excluding carboxylic acids is 1. The van der Waals surface area contributed by atoms with Crippen LogP contribution >= 0.6 is 0 Å². The Morgan fingerprint density at radius 2 is 2.00 bits per heavy atom. The molecule has 0 amide bonds. The van der Waals surface area contributed by atoms with Crippen LogP contribution in [0.3, 0.4) is 0 Å². The summed E-state index contributed by atoms with van der Waals surface area (Å²) >= 11 is 0. The van der Waals surface area contributed by atoms with Crippen LogP contribution in [0, 0.1) is 12.8 Å². The molecule has 1 fully saturated rings. The van der Waals surface area contributed by atoms with Gasteiger partial charge in [0, 0.05) is 24.3 Å². The summed E-state index contributed by atoms with van der Waals surface area (Å²) in [6, 6.07) is 5.96. The number of benzene rings is 1. The Hall–Kier alpha value is -1.31. The van der Waals surface area contributed by atoms with Gasteiger partial charge < -0.3 is 4.90 Å². The lowest BCUT2D eigenvalue weighted by Gasteiger charge is -2.33. The van der Waals surface area contributed by atoms with Gasteiger partial charge in [0.25, 0.3) is 0 Å². The molecule has 0 unspecified atom stereocenters. The van der Waals surface area contributed by atoms with Crippen molar-refractivity contribution in [2.24, 2.45) is 5.92 Å². The minimum Gasteiger partial charge on any atom is -0.371 e. The molecule has 86 valence electrons. The summed E-state index contributed by atoms with van der Waals surface area (Å²) < 4.78 is 0. The van der Waals surface area contributed by atoms with E-state index in [-0.39, 0.29) is 0 Å². The molecule has 0 aliphatic carbocycles. The van der Waals surface area contributed by atoms with Crippen molar-refractivity contribution in [1.29, 1.82) is 0 Å². The highest BCUT2D eigenvalue weighted by atomic mass is 16.1. The molecule has 0 atom stereocenters. The smallest absolute Gasteiger partial charge is 0.150 e. The third kappa shape index (κ3) is 2.26. The van der Waals surface area contributed by atoms with Crippen molar-refractivity contribution in [2.75, 3.05) is 18.0 Å². The normalized spacial score (nSPS) is 17.5. The highest BCUT2D eigenvalue weighted by molar-refractivity contribution is 5.77. The Balaban J connectivity index is 2.17. The lowest BCUT2D eigenvalue weighted by atomic mass is 9.98. The van der Waals surface area contributed by atoms with E-state index >= 15 is 0 Å². The van der Waals surface area contributed by atoms with Crippen molar-refractivity contribution in [2.45, 2.75) is 26.7 Å². The molecular weight excluding hydrogens is 198 g/mol. The number of aryl methyl sites for hydroxylation is 1.